The molecule has 0 radical (unpaired) electrons. The number of esters is 2. The molecule has 198 valence electrons. The van der Waals surface area contributed by atoms with E-state index in [9.17, 15) is 29.3 Å². The van der Waals surface area contributed by atoms with Crippen molar-refractivity contribution in [2.75, 3.05) is 26.7 Å². The Morgan fingerprint density at radius 3 is 2.62 bits per heavy atom. The number of non-ortho nitro benzene ring substituents is 1. The largest absolute Gasteiger partial charge is 0.466 e. The van der Waals surface area contributed by atoms with Crippen molar-refractivity contribution < 1.29 is 33.6 Å². The van der Waals surface area contributed by atoms with Crippen molar-refractivity contribution in [2.24, 2.45) is 11.3 Å². The highest BCUT2D eigenvalue weighted by atomic mass is 16.6. The minimum absolute atomic E-state index is 0.0341. The number of carbonyl (C=O) groups is 4. The number of Topliss-reactive ketones (excluding diaryl/α,β-unsaturated/α-hetero) is 1. The van der Waals surface area contributed by atoms with Crippen LogP contribution in [0.25, 0.3) is 0 Å². The Labute approximate surface area is 214 Å². The fourth-order valence-electron chi connectivity index (χ4n) is 5.16. The number of benzene rings is 1. The van der Waals surface area contributed by atoms with Crippen LogP contribution in [0.4, 0.5) is 10.5 Å². The summed E-state index contributed by atoms with van der Waals surface area (Å²) >= 11 is 0. The number of rotatable bonds is 5. The van der Waals surface area contributed by atoms with Gasteiger partial charge in [0.05, 0.1) is 35.1 Å². The molecule has 1 saturated heterocycles. The summed E-state index contributed by atoms with van der Waals surface area (Å²) in [5.74, 6) is -1.45. The molecule has 2 fully saturated rings. The molecule has 0 N–H and O–H groups in total. The Morgan fingerprint density at radius 1 is 1.22 bits per heavy atom. The number of ether oxygens (including phenoxy) is 2. The minimum Gasteiger partial charge on any atom is -0.466 e. The second-order valence-corrected chi connectivity index (χ2v) is 9.84. The average molecular weight is 514 g/mol. The summed E-state index contributed by atoms with van der Waals surface area (Å²) in [7, 11) is 1.67. The van der Waals surface area contributed by atoms with Gasteiger partial charge in [-0.15, -0.1) is 0 Å². The van der Waals surface area contributed by atoms with E-state index < -0.39 is 34.4 Å². The molecule has 0 spiro atoms. The van der Waals surface area contributed by atoms with Gasteiger partial charge in [-0.2, -0.15) is 0 Å². The van der Waals surface area contributed by atoms with E-state index in [1.54, 1.807) is 18.9 Å². The Balaban J connectivity index is 1.54. The summed E-state index contributed by atoms with van der Waals surface area (Å²) < 4.78 is 10.9. The van der Waals surface area contributed by atoms with E-state index in [4.69, 9.17) is 9.47 Å². The molecule has 37 heavy (non-hydrogen) atoms. The van der Waals surface area contributed by atoms with Gasteiger partial charge in [-0.1, -0.05) is 12.2 Å². The number of ketones is 1. The molecule has 2 aliphatic heterocycles. The second-order valence-electron chi connectivity index (χ2n) is 9.84. The third kappa shape index (κ3) is 5.50. The van der Waals surface area contributed by atoms with Crippen molar-refractivity contribution in [3.8, 4) is 0 Å². The molecule has 4 atom stereocenters. The van der Waals surface area contributed by atoms with Crippen molar-refractivity contribution in [3.05, 3.63) is 52.1 Å². The number of hydrogen-bond donors (Lipinski definition) is 0. The van der Waals surface area contributed by atoms with Crippen LogP contribution in [-0.4, -0.2) is 77.4 Å². The molecule has 0 bridgehead atoms. The molecule has 0 aromatic heterocycles. The molecule has 1 saturated carbocycles. The summed E-state index contributed by atoms with van der Waals surface area (Å²) in [5.41, 5.74) is -0.947. The summed E-state index contributed by atoms with van der Waals surface area (Å²) in [4.78, 5) is 65.6. The van der Waals surface area contributed by atoms with Crippen LogP contribution < -0.4 is 0 Å². The molecular weight excluding hydrogens is 482 g/mol. The summed E-state index contributed by atoms with van der Waals surface area (Å²) in [6.07, 6.45) is 5.27. The number of nitro groups is 1. The van der Waals surface area contributed by atoms with Crippen LogP contribution in [0.15, 0.2) is 36.4 Å². The topological polar surface area (TPSA) is 136 Å². The Kier molecular flexibility index (Phi) is 7.60. The van der Waals surface area contributed by atoms with E-state index in [-0.39, 0.29) is 55.0 Å². The zero-order chi connectivity index (χ0) is 26.7. The number of nitro benzene ring substituents is 1. The first kappa shape index (κ1) is 26.3. The van der Waals surface area contributed by atoms with Crippen molar-refractivity contribution in [3.63, 3.8) is 0 Å². The molecule has 2 heterocycles. The van der Waals surface area contributed by atoms with Gasteiger partial charge in [0.2, 0.25) is 0 Å². The number of nitrogens with zero attached hydrogens (tertiary/aromatic N) is 3. The van der Waals surface area contributed by atoms with Gasteiger partial charge >= 0.3 is 18.0 Å². The number of allylic oxidation sites excluding steroid dienone is 2. The number of fused-ring (bicyclic) bond motifs is 2. The number of urea groups is 1. The molecule has 2 amide bonds. The molecular formula is C26H31N3O8. The molecule has 11 heteroatoms. The maximum Gasteiger partial charge on any atom is 0.338 e. The Morgan fingerprint density at radius 2 is 1.95 bits per heavy atom. The van der Waals surface area contributed by atoms with E-state index in [1.165, 1.54) is 29.2 Å². The van der Waals surface area contributed by atoms with Crippen LogP contribution >= 0.6 is 0 Å². The van der Waals surface area contributed by atoms with Gasteiger partial charge in [-0.05, 0) is 44.2 Å². The van der Waals surface area contributed by atoms with E-state index in [2.05, 4.69) is 0 Å². The van der Waals surface area contributed by atoms with Crippen LogP contribution in [0.2, 0.25) is 0 Å². The number of hydrogen-bond acceptors (Lipinski definition) is 8. The minimum atomic E-state index is -0.925. The molecule has 4 rings (SSSR count). The Bertz CT molecular complexity index is 1120. The first-order chi connectivity index (χ1) is 17.7. The SMILES string of the molecule is CCOC(=O)[C@]12CC(=O)[C@@H]3C[C@H](OC(=O)c4ccc([N+](=O)[O-])cc4)CN3C(=O)N(C)CCC/C=C\[C@@H]1C2. The lowest BCUT2D eigenvalue weighted by Crippen LogP contribution is -2.47. The second kappa shape index (κ2) is 10.7. The Hall–Kier alpha value is -3.76. The zero-order valence-electron chi connectivity index (χ0n) is 21.0. The van der Waals surface area contributed by atoms with Crippen molar-refractivity contribution in [1.82, 2.24) is 9.80 Å². The summed E-state index contributed by atoms with van der Waals surface area (Å²) in [6.45, 7) is 2.46. The van der Waals surface area contributed by atoms with Crippen LogP contribution in [0.3, 0.4) is 0 Å². The van der Waals surface area contributed by atoms with Crippen LogP contribution in [-0.2, 0) is 19.1 Å². The highest BCUT2D eigenvalue weighted by Crippen LogP contribution is 2.57. The van der Waals surface area contributed by atoms with E-state index in [0.717, 1.165) is 12.8 Å². The van der Waals surface area contributed by atoms with Gasteiger partial charge in [-0.25, -0.2) is 9.59 Å². The normalized spacial score (nSPS) is 28.6. The third-order valence-corrected chi connectivity index (χ3v) is 7.33. The third-order valence-electron chi connectivity index (χ3n) is 7.33. The first-order valence-electron chi connectivity index (χ1n) is 12.5. The van der Waals surface area contributed by atoms with Gasteiger partial charge in [0.25, 0.3) is 5.69 Å². The highest BCUT2D eigenvalue weighted by molar-refractivity contribution is 5.95. The lowest BCUT2D eigenvalue weighted by atomic mass is 9.92. The predicted molar refractivity (Wildman–Crippen MR) is 131 cm³/mol. The van der Waals surface area contributed by atoms with E-state index >= 15 is 0 Å². The quantitative estimate of drug-likeness (QED) is 0.254. The molecule has 0 unspecified atom stereocenters. The van der Waals surface area contributed by atoms with E-state index in [0.29, 0.717) is 13.0 Å². The fourth-order valence-corrected chi connectivity index (χ4v) is 5.16. The van der Waals surface area contributed by atoms with Crippen molar-refractivity contribution in [2.45, 2.75) is 51.2 Å². The standard InChI is InChI=1S/C26H31N3O8/c1-3-36-24(32)26-14-18(26)7-5-4-6-12-27(2)25(33)28-16-20(13-21(28)22(30)15-26)37-23(31)17-8-10-19(11-9-17)29(34)35/h5,7-11,18,20-21H,3-4,6,12-16H2,1-2H3/b7-5-/t18-,20+,21+,26-/m1/s1. The van der Waals surface area contributed by atoms with Crippen molar-refractivity contribution in [1.29, 1.82) is 0 Å². The predicted octanol–water partition coefficient (Wildman–Crippen LogP) is 3.12. The average Bonchev–Trinajstić information content (AvgIpc) is 3.40. The first-order valence-corrected chi connectivity index (χ1v) is 12.5. The maximum absolute atomic E-state index is 13.6. The summed E-state index contributed by atoms with van der Waals surface area (Å²) in [5, 5.41) is 10.9. The molecule has 1 aliphatic carbocycles. The van der Waals surface area contributed by atoms with Crippen LogP contribution in [0.5, 0.6) is 0 Å². The molecule has 1 aromatic rings. The van der Waals surface area contributed by atoms with E-state index in [1.807, 2.05) is 12.2 Å². The zero-order valence-corrected chi connectivity index (χ0v) is 21.0. The number of amides is 2. The smallest absolute Gasteiger partial charge is 0.338 e. The summed E-state index contributed by atoms with van der Waals surface area (Å²) in [6, 6.07) is 3.84. The van der Waals surface area contributed by atoms with Crippen molar-refractivity contribution >= 4 is 29.4 Å². The lowest BCUT2D eigenvalue weighted by Gasteiger charge is -2.29. The van der Waals surface area contributed by atoms with Crippen LogP contribution in [0, 0.1) is 21.4 Å². The van der Waals surface area contributed by atoms with Crippen LogP contribution in [0.1, 0.15) is 49.4 Å². The molecule has 3 aliphatic rings. The van der Waals surface area contributed by atoms with Gasteiger partial charge in [0, 0.05) is 38.6 Å². The van der Waals surface area contributed by atoms with Gasteiger partial charge < -0.3 is 19.3 Å². The van der Waals surface area contributed by atoms with Gasteiger partial charge in [0.1, 0.15) is 6.10 Å². The fraction of sp³-hybridized carbons (Fsp3) is 0.538. The van der Waals surface area contributed by atoms with Gasteiger partial charge in [0.15, 0.2) is 5.78 Å². The number of carbonyl (C=O) groups excluding carboxylic acids is 4. The molecule has 1 aromatic carbocycles. The van der Waals surface area contributed by atoms with Gasteiger partial charge in [-0.3, -0.25) is 19.7 Å². The lowest BCUT2D eigenvalue weighted by molar-refractivity contribution is -0.384. The highest BCUT2D eigenvalue weighted by Gasteiger charge is 2.61. The monoisotopic (exact) mass is 513 g/mol. The maximum atomic E-state index is 13.6. The molecule has 11 nitrogen and oxygen atoms in total.